The van der Waals surface area contributed by atoms with Crippen molar-refractivity contribution >= 4 is 28.6 Å². The molecule has 1 aromatic heterocycles. The van der Waals surface area contributed by atoms with Crippen molar-refractivity contribution in [3.63, 3.8) is 0 Å². The molecule has 3 aromatic rings. The van der Waals surface area contributed by atoms with E-state index in [4.69, 9.17) is 9.47 Å². The van der Waals surface area contributed by atoms with Crippen molar-refractivity contribution < 1.29 is 14.3 Å². The lowest BCUT2D eigenvalue weighted by atomic mass is 9.90. The Morgan fingerprint density at radius 1 is 1.00 bits per heavy atom. The Balaban J connectivity index is 2.10. The number of hydrogen-bond donors (Lipinski definition) is 0. The van der Waals surface area contributed by atoms with Crippen LogP contribution in [0.4, 0.5) is 0 Å². The molecule has 27 heavy (non-hydrogen) atoms. The summed E-state index contributed by atoms with van der Waals surface area (Å²) in [5.74, 6) is 0.248. The molecule has 0 saturated carbocycles. The van der Waals surface area contributed by atoms with Gasteiger partial charge in [0.15, 0.2) is 0 Å². The molecule has 0 aliphatic carbocycles. The van der Waals surface area contributed by atoms with Gasteiger partial charge >= 0.3 is 5.97 Å². The molecule has 1 atom stereocenters. The number of ether oxygens (including phenoxy) is 2. The van der Waals surface area contributed by atoms with Gasteiger partial charge in [-0.15, -0.1) is 0 Å². The summed E-state index contributed by atoms with van der Waals surface area (Å²) in [4.78, 5) is 13.0. The summed E-state index contributed by atoms with van der Waals surface area (Å²) in [6.45, 7) is 4.04. The minimum atomic E-state index is -1.20. The van der Waals surface area contributed by atoms with Crippen LogP contribution in [0.25, 0.3) is 5.69 Å². The number of aromatic nitrogens is 1. The molecule has 5 heteroatoms. The van der Waals surface area contributed by atoms with Crippen molar-refractivity contribution in [1.82, 2.24) is 4.57 Å². The molecular weight excluding hydrogens is 453 g/mol. The Kier molecular flexibility index (Phi) is 6.21. The van der Waals surface area contributed by atoms with E-state index in [0.29, 0.717) is 18.8 Å². The number of carbonyl (C=O) groups is 1. The highest BCUT2D eigenvalue weighted by Crippen LogP contribution is 2.36. The molecule has 1 heterocycles. The van der Waals surface area contributed by atoms with E-state index in [1.54, 1.807) is 6.92 Å². The molecule has 0 fully saturated rings. The maximum Gasteiger partial charge on any atom is 0.355 e. The lowest BCUT2D eigenvalue weighted by Crippen LogP contribution is -2.43. The quantitative estimate of drug-likeness (QED) is 0.343. The fraction of sp³-hybridized carbons (Fsp3) is 0.227. The third-order valence-corrected chi connectivity index (χ3v) is 5.16. The van der Waals surface area contributed by atoms with Crippen molar-refractivity contribution in [3.8, 4) is 11.4 Å². The van der Waals surface area contributed by atoms with Gasteiger partial charge in [-0.1, -0.05) is 31.2 Å². The highest BCUT2D eigenvalue weighted by Gasteiger charge is 2.43. The van der Waals surface area contributed by atoms with E-state index < -0.39 is 5.60 Å². The van der Waals surface area contributed by atoms with Crippen LogP contribution in [-0.4, -0.2) is 17.1 Å². The number of esters is 1. The van der Waals surface area contributed by atoms with E-state index in [1.807, 2.05) is 84.5 Å². The third kappa shape index (κ3) is 4.03. The zero-order valence-electron chi connectivity index (χ0n) is 15.4. The predicted octanol–water partition coefficient (Wildman–Crippen LogP) is 5.33. The summed E-state index contributed by atoms with van der Waals surface area (Å²) in [6.07, 6.45) is 4.35. The van der Waals surface area contributed by atoms with Crippen molar-refractivity contribution in [2.45, 2.75) is 25.9 Å². The molecule has 0 spiro atoms. The van der Waals surface area contributed by atoms with E-state index in [9.17, 15) is 4.79 Å². The van der Waals surface area contributed by atoms with Crippen LogP contribution in [0.3, 0.4) is 0 Å². The first-order chi connectivity index (χ1) is 13.1. The third-order valence-electron chi connectivity index (χ3n) is 4.45. The minimum Gasteiger partial charge on any atom is -0.469 e. The Bertz CT molecular complexity index is 890. The van der Waals surface area contributed by atoms with E-state index in [2.05, 4.69) is 22.6 Å². The first-order valence-corrected chi connectivity index (χ1v) is 10.0. The smallest absolute Gasteiger partial charge is 0.355 e. The molecular formula is C22H22INO3. The molecule has 2 aromatic carbocycles. The fourth-order valence-electron chi connectivity index (χ4n) is 3.05. The van der Waals surface area contributed by atoms with Crippen molar-refractivity contribution in [2.24, 2.45) is 0 Å². The Hall–Kier alpha value is -2.28. The van der Waals surface area contributed by atoms with Crippen LogP contribution < -0.4 is 4.74 Å². The lowest BCUT2D eigenvalue weighted by Gasteiger charge is -2.32. The highest BCUT2D eigenvalue weighted by atomic mass is 127. The number of halogens is 1. The molecule has 0 saturated heterocycles. The maximum atomic E-state index is 13.0. The first kappa shape index (κ1) is 19.5. The molecule has 3 rings (SSSR count). The molecule has 0 aliphatic rings. The number of rotatable bonds is 7. The zero-order chi connectivity index (χ0) is 19.3. The molecule has 0 bridgehead atoms. The molecule has 140 valence electrons. The van der Waals surface area contributed by atoms with Gasteiger partial charge in [-0.2, -0.15) is 0 Å². The summed E-state index contributed by atoms with van der Waals surface area (Å²) < 4.78 is 14.9. The van der Waals surface area contributed by atoms with Crippen molar-refractivity contribution in [2.75, 3.05) is 6.61 Å². The largest absolute Gasteiger partial charge is 0.469 e. The van der Waals surface area contributed by atoms with E-state index in [1.165, 1.54) is 0 Å². The van der Waals surface area contributed by atoms with Crippen molar-refractivity contribution in [3.05, 3.63) is 82.2 Å². The number of para-hydroxylation sites is 2. The second-order valence-corrected chi connectivity index (χ2v) is 7.31. The first-order valence-electron chi connectivity index (χ1n) is 8.95. The average molecular weight is 475 g/mol. The van der Waals surface area contributed by atoms with Gasteiger partial charge < -0.3 is 14.0 Å². The van der Waals surface area contributed by atoms with Gasteiger partial charge in [0.05, 0.1) is 12.3 Å². The Labute approximate surface area is 173 Å². The van der Waals surface area contributed by atoms with Gasteiger partial charge in [0.1, 0.15) is 5.75 Å². The molecule has 0 radical (unpaired) electrons. The zero-order valence-corrected chi connectivity index (χ0v) is 17.5. The van der Waals surface area contributed by atoms with E-state index in [-0.39, 0.29) is 5.97 Å². The summed E-state index contributed by atoms with van der Waals surface area (Å²) >= 11 is 2.25. The lowest BCUT2D eigenvalue weighted by molar-refractivity contribution is -0.163. The maximum absolute atomic E-state index is 13.0. The van der Waals surface area contributed by atoms with Crippen LogP contribution in [0.5, 0.6) is 5.75 Å². The Morgan fingerprint density at radius 2 is 1.67 bits per heavy atom. The minimum absolute atomic E-state index is 0.299. The summed E-state index contributed by atoms with van der Waals surface area (Å²) in [6, 6.07) is 19.4. The topological polar surface area (TPSA) is 40.5 Å². The molecule has 0 aliphatic heterocycles. The fourth-order valence-corrected chi connectivity index (χ4v) is 3.41. The summed E-state index contributed by atoms with van der Waals surface area (Å²) in [7, 11) is 0. The van der Waals surface area contributed by atoms with Crippen LogP contribution in [0.1, 0.15) is 25.8 Å². The van der Waals surface area contributed by atoms with Gasteiger partial charge in [-0.25, -0.2) is 4.79 Å². The number of benzene rings is 2. The van der Waals surface area contributed by atoms with Gasteiger partial charge in [0.2, 0.25) is 5.60 Å². The van der Waals surface area contributed by atoms with Gasteiger partial charge in [0.25, 0.3) is 0 Å². The second kappa shape index (κ2) is 8.61. The van der Waals surface area contributed by atoms with E-state index in [0.717, 1.165) is 14.8 Å². The monoisotopic (exact) mass is 475 g/mol. The van der Waals surface area contributed by atoms with Crippen molar-refractivity contribution in [1.29, 1.82) is 0 Å². The van der Waals surface area contributed by atoms with Gasteiger partial charge in [-0.05, 0) is 72.3 Å². The van der Waals surface area contributed by atoms with Gasteiger partial charge in [0, 0.05) is 21.5 Å². The van der Waals surface area contributed by atoms with Crippen LogP contribution in [0, 0.1) is 3.57 Å². The van der Waals surface area contributed by atoms with Crippen LogP contribution >= 0.6 is 22.6 Å². The molecule has 0 amide bonds. The van der Waals surface area contributed by atoms with Crippen LogP contribution in [0.2, 0.25) is 0 Å². The summed E-state index contributed by atoms with van der Waals surface area (Å²) in [5, 5.41) is 0. The summed E-state index contributed by atoms with van der Waals surface area (Å²) in [5.41, 5.74) is 0.449. The average Bonchev–Trinajstić information content (AvgIpc) is 3.22. The van der Waals surface area contributed by atoms with Crippen LogP contribution in [-0.2, 0) is 15.1 Å². The normalized spacial score (nSPS) is 13.0. The number of nitrogens with zero attached hydrogens (tertiary/aromatic N) is 1. The highest BCUT2D eigenvalue weighted by molar-refractivity contribution is 14.1. The molecule has 0 N–H and O–H groups in total. The van der Waals surface area contributed by atoms with Crippen LogP contribution in [0.15, 0.2) is 73.1 Å². The SMILES string of the molecule is CCOC(=O)C(CC)(Oc1ccccc1-n1cccc1)c1ccc(I)cc1. The van der Waals surface area contributed by atoms with Gasteiger partial charge in [-0.3, -0.25) is 0 Å². The molecule has 1 unspecified atom stereocenters. The Morgan fingerprint density at radius 3 is 2.30 bits per heavy atom. The van der Waals surface area contributed by atoms with E-state index >= 15 is 0 Å². The predicted molar refractivity (Wildman–Crippen MR) is 114 cm³/mol. The second-order valence-electron chi connectivity index (χ2n) is 6.07. The number of carbonyl (C=O) groups excluding carboxylic acids is 1. The molecule has 4 nitrogen and oxygen atoms in total. The number of hydrogen-bond acceptors (Lipinski definition) is 3. The standard InChI is InChI=1S/C22H22INO3/c1-3-22(21(25)26-4-2,17-11-13-18(23)14-12-17)27-20-10-6-5-9-19(20)24-15-7-8-16-24/h5-16H,3-4H2,1-2H3.